The van der Waals surface area contributed by atoms with Crippen LogP contribution in [-0.4, -0.2) is 34.3 Å². The zero-order chi connectivity index (χ0) is 20.2. The summed E-state index contributed by atoms with van der Waals surface area (Å²) in [5.41, 5.74) is 1.90. The summed E-state index contributed by atoms with van der Waals surface area (Å²) in [4.78, 5) is 23.6. The minimum absolute atomic E-state index is 0. The third-order valence-electron chi connectivity index (χ3n) is 3.85. The first-order chi connectivity index (χ1) is 12.6. The lowest BCUT2D eigenvalue weighted by molar-refractivity contribution is -0.137. The van der Waals surface area contributed by atoms with E-state index in [9.17, 15) is 27.9 Å². The molecule has 0 aliphatic rings. The normalized spacial score (nSPS) is 13.1. The van der Waals surface area contributed by atoms with Crippen LogP contribution >= 0.6 is 0 Å². The molecule has 2 atom stereocenters. The van der Waals surface area contributed by atoms with Gasteiger partial charge in [-0.15, -0.1) is 0 Å². The van der Waals surface area contributed by atoms with Gasteiger partial charge < -0.3 is 10.4 Å². The number of carbonyl (C=O) groups is 2. The van der Waals surface area contributed by atoms with E-state index in [1.54, 1.807) is 12.1 Å². The Morgan fingerprint density at radius 3 is 1.82 bits per heavy atom. The third-order valence-corrected chi connectivity index (χ3v) is 3.85. The van der Waals surface area contributed by atoms with Crippen LogP contribution in [0.15, 0.2) is 48.5 Å². The molecule has 0 saturated heterocycles. The summed E-state index contributed by atoms with van der Waals surface area (Å²) in [5.74, 6) is -1.64. The Bertz CT molecular complexity index is 803. The molecule has 9 heteroatoms. The number of nitrogens with one attached hydrogen (secondary N) is 2. The molecule has 0 bridgehead atoms. The second kappa shape index (κ2) is 9.34. The van der Waals surface area contributed by atoms with Crippen molar-refractivity contribution in [2.45, 2.75) is 32.7 Å². The Morgan fingerprint density at radius 1 is 0.964 bits per heavy atom. The van der Waals surface area contributed by atoms with Gasteiger partial charge in [-0.3, -0.25) is 14.8 Å². The molecular formula is C19H21F3N2O4. The number of hydrogen-bond donors (Lipinski definition) is 4. The number of aliphatic hydroxyl groups is 1. The van der Waals surface area contributed by atoms with Gasteiger partial charge in [-0.2, -0.15) is 13.2 Å². The molecule has 2 amide bonds. The highest BCUT2D eigenvalue weighted by atomic mass is 19.4. The Morgan fingerprint density at radius 2 is 1.43 bits per heavy atom. The molecule has 28 heavy (non-hydrogen) atoms. The fourth-order valence-corrected chi connectivity index (χ4v) is 2.37. The van der Waals surface area contributed by atoms with Crippen molar-refractivity contribution in [3.05, 3.63) is 59.7 Å². The van der Waals surface area contributed by atoms with E-state index in [4.69, 9.17) is 5.21 Å². The van der Waals surface area contributed by atoms with Crippen molar-refractivity contribution in [1.29, 1.82) is 0 Å². The SMILES string of the molecule is C.C[C@@H](O)[C@H](NC(=O)c1ccc(-c2ccc(C(F)(F)F)cc2)cc1)C(=O)NO. The highest BCUT2D eigenvalue weighted by Gasteiger charge is 2.30. The van der Waals surface area contributed by atoms with Crippen molar-refractivity contribution in [2.24, 2.45) is 0 Å². The van der Waals surface area contributed by atoms with Crippen LogP contribution in [0.4, 0.5) is 13.2 Å². The summed E-state index contributed by atoms with van der Waals surface area (Å²) < 4.78 is 37.8. The number of alkyl halides is 3. The van der Waals surface area contributed by atoms with Crippen LogP contribution in [0.25, 0.3) is 11.1 Å². The minimum Gasteiger partial charge on any atom is -0.391 e. The van der Waals surface area contributed by atoms with Gasteiger partial charge in [0.05, 0.1) is 11.7 Å². The first-order valence-corrected chi connectivity index (χ1v) is 7.84. The quantitative estimate of drug-likeness (QED) is 0.460. The van der Waals surface area contributed by atoms with Gasteiger partial charge in [0.25, 0.3) is 11.8 Å². The molecule has 0 aliphatic heterocycles. The Labute approximate surface area is 160 Å². The maximum atomic E-state index is 12.6. The van der Waals surface area contributed by atoms with E-state index in [1.807, 2.05) is 0 Å². The summed E-state index contributed by atoms with van der Waals surface area (Å²) in [6, 6.07) is 9.18. The molecule has 0 aromatic heterocycles. The Hall–Kier alpha value is -2.91. The first kappa shape index (κ1) is 23.1. The second-order valence-electron chi connectivity index (χ2n) is 5.82. The van der Waals surface area contributed by atoms with Crippen molar-refractivity contribution in [1.82, 2.24) is 10.8 Å². The molecule has 152 valence electrons. The molecule has 4 N–H and O–H groups in total. The van der Waals surface area contributed by atoms with Gasteiger partial charge in [0, 0.05) is 5.56 Å². The Balaban J connectivity index is 0.00000392. The molecule has 2 aromatic carbocycles. The van der Waals surface area contributed by atoms with Crippen LogP contribution in [0.3, 0.4) is 0 Å². The van der Waals surface area contributed by atoms with Gasteiger partial charge in [0.1, 0.15) is 6.04 Å². The van der Waals surface area contributed by atoms with Gasteiger partial charge in [-0.25, -0.2) is 5.48 Å². The number of benzene rings is 2. The van der Waals surface area contributed by atoms with E-state index in [1.165, 1.54) is 36.7 Å². The molecule has 0 unspecified atom stereocenters. The average molecular weight is 398 g/mol. The lowest BCUT2D eigenvalue weighted by Crippen LogP contribution is -2.51. The van der Waals surface area contributed by atoms with Gasteiger partial charge >= 0.3 is 6.18 Å². The lowest BCUT2D eigenvalue weighted by atomic mass is 10.0. The van der Waals surface area contributed by atoms with Crippen LogP contribution < -0.4 is 10.8 Å². The Kier molecular flexibility index (Phi) is 7.71. The molecule has 0 spiro atoms. The molecule has 2 rings (SSSR count). The van der Waals surface area contributed by atoms with E-state index >= 15 is 0 Å². The van der Waals surface area contributed by atoms with Crippen molar-refractivity contribution in [3.63, 3.8) is 0 Å². The van der Waals surface area contributed by atoms with Crippen molar-refractivity contribution >= 4 is 11.8 Å². The third kappa shape index (κ3) is 5.54. The highest BCUT2D eigenvalue weighted by molar-refractivity contribution is 5.97. The van der Waals surface area contributed by atoms with Crippen LogP contribution in [-0.2, 0) is 11.0 Å². The van der Waals surface area contributed by atoms with Crippen molar-refractivity contribution in [3.8, 4) is 11.1 Å². The van der Waals surface area contributed by atoms with Crippen molar-refractivity contribution < 1.29 is 33.1 Å². The van der Waals surface area contributed by atoms with E-state index in [-0.39, 0.29) is 13.0 Å². The maximum Gasteiger partial charge on any atom is 0.416 e. The summed E-state index contributed by atoms with van der Waals surface area (Å²) >= 11 is 0. The molecular weight excluding hydrogens is 377 g/mol. The topological polar surface area (TPSA) is 98.7 Å². The molecule has 2 aromatic rings. The van der Waals surface area contributed by atoms with E-state index in [2.05, 4.69) is 5.32 Å². The summed E-state index contributed by atoms with van der Waals surface area (Å²) in [7, 11) is 0. The average Bonchev–Trinajstić information content (AvgIpc) is 2.64. The fourth-order valence-electron chi connectivity index (χ4n) is 2.37. The van der Waals surface area contributed by atoms with Gasteiger partial charge in [0.2, 0.25) is 0 Å². The van der Waals surface area contributed by atoms with Crippen LogP contribution in [0.2, 0.25) is 0 Å². The van der Waals surface area contributed by atoms with Crippen LogP contribution in [0, 0.1) is 0 Å². The zero-order valence-corrected chi connectivity index (χ0v) is 14.1. The summed E-state index contributed by atoms with van der Waals surface area (Å²) in [6.07, 6.45) is -5.66. The molecule has 0 radical (unpaired) electrons. The number of amides is 2. The minimum atomic E-state index is -4.41. The number of rotatable bonds is 5. The molecule has 0 heterocycles. The van der Waals surface area contributed by atoms with Gasteiger partial charge in [-0.1, -0.05) is 31.7 Å². The highest BCUT2D eigenvalue weighted by Crippen LogP contribution is 2.31. The molecule has 0 fully saturated rings. The van der Waals surface area contributed by atoms with Gasteiger partial charge in [-0.05, 0) is 42.3 Å². The predicted octanol–water partition coefficient (Wildman–Crippen LogP) is 2.99. The van der Waals surface area contributed by atoms with E-state index in [0.29, 0.717) is 11.1 Å². The first-order valence-electron chi connectivity index (χ1n) is 7.84. The summed E-state index contributed by atoms with van der Waals surface area (Å²) in [5, 5.41) is 20.4. The second-order valence-corrected chi connectivity index (χ2v) is 5.82. The lowest BCUT2D eigenvalue weighted by Gasteiger charge is -2.19. The number of hydroxylamine groups is 1. The van der Waals surface area contributed by atoms with Crippen molar-refractivity contribution in [2.75, 3.05) is 0 Å². The zero-order valence-electron chi connectivity index (χ0n) is 14.1. The van der Waals surface area contributed by atoms with Crippen LogP contribution in [0.5, 0.6) is 0 Å². The molecule has 0 saturated carbocycles. The number of hydrogen-bond acceptors (Lipinski definition) is 4. The monoisotopic (exact) mass is 398 g/mol. The van der Waals surface area contributed by atoms with E-state index in [0.717, 1.165) is 12.1 Å². The molecule has 0 aliphatic carbocycles. The number of carbonyl (C=O) groups excluding carboxylic acids is 2. The van der Waals surface area contributed by atoms with Gasteiger partial charge in [0.15, 0.2) is 0 Å². The largest absolute Gasteiger partial charge is 0.416 e. The van der Waals surface area contributed by atoms with Crippen LogP contribution in [0.1, 0.15) is 30.3 Å². The smallest absolute Gasteiger partial charge is 0.391 e. The number of aliphatic hydroxyl groups excluding tert-OH is 1. The maximum absolute atomic E-state index is 12.6. The van der Waals surface area contributed by atoms with E-state index < -0.39 is 35.7 Å². The standard InChI is InChI=1S/C18H17F3N2O4.CH4/c1-10(24)15(17(26)23-27)22-16(25)13-4-2-11(3-5-13)12-6-8-14(9-7-12)18(19,20)21;/h2-10,15,24,27H,1H3,(H,22,25)(H,23,26);1H4/t10-,15+;/m1./s1. The molecule has 6 nitrogen and oxygen atoms in total. The number of halogens is 3. The fraction of sp³-hybridized carbons (Fsp3) is 0.263. The predicted molar refractivity (Wildman–Crippen MR) is 96.5 cm³/mol. The summed E-state index contributed by atoms with van der Waals surface area (Å²) in [6.45, 7) is 1.27.